The third-order valence-corrected chi connectivity index (χ3v) is 2.59. The van der Waals surface area contributed by atoms with Crippen molar-refractivity contribution in [3.05, 3.63) is 53.9 Å². The van der Waals surface area contributed by atoms with E-state index in [4.69, 9.17) is 0 Å². The Kier molecular flexibility index (Phi) is 3.57. The van der Waals surface area contributed by atoms with Crippen LogP contribution in [0.3, 0.4) is 0 Å². The van der Waals surface area contributed by atoms with Crippen molar-refractivity contribution in [3.63, 3.8) is 0 Å². The Morgan fingerprint density at radius 1 is 1.44 bits per heavy atom. The standard InChI is InChI=1S/C14H14N2O2/c1-2-16-12(8-9-15-16)6-7-14(18)11-4-3-5-13(17)10-11/h3-10,17H,2H2,1H3. The van der Waals surface area contributed by atoms with E-state index in [0.29, 0.717) is 5.56 Å². The number of aromatic nitrogens is 2. The van der Waals surface area contributed by atoms with Crippen molar-refractivity contribution in [1.82, 2.24) is 9.78 Å². The molecule has 1 heterocycles. The molecule has 0 atom stereocenters. The minimum absolute atomic E-state index is 0.0906. The van der Waals surface area contributed by atoms with Gasteiger partial charge in [-0.2, -0.15) is 5.10 Å². The highest BCUT2D eigenvalue weighted by molar-refractivity contribution is 6.06. The number of carbonyl (C=O) groups excluding carboxylic acids is 1. The minimum atomic E-state index is -0.144. The number of carbonyl (C=O) groups is 1. The van der Waals surface area contributed by atoms with Gasteiger partial charge in [0, 0.05) is 18.3 Å². The van der Waals surface area contributed by atoms with Gasteiger partial charge in [0.25, 0.3) is 0 Å². The van der Waals surface area contributed by atoms with E-state index in [-0.39, 0.29) is 11.5 Å². The van der Waals surface area contributed by atoms with Gasteiger partial charge in [0.2, 0.25) is 0 Å². The first kappa shape index (κ1) is 12.1. The third-order valence-electron chi connectivity index (χ3n) is 2.59. The summed E-state index contributed by atoms with van der Waals surface area (Å²) in [5.74, 6) is -0.0531. The molecule has 0 spiro atoms. The Morgan fingerprint density at radius 2 is 2.28 bits per heavy atom. The lowest BCUT2D eigenvalue weighted by Crippen LogP contribution is -1.99. The Hall–Kier alpha value is -2.36. The van der Waals surface area contributed by atoms with Gasteiger partial charge < -0.3 is 5.11 Å². The number of nitrogens with zero attached hydrogens (tertiary/aromatic N) is 2. The van der Waals surface area contributed by atoms with Crippen LogP contribution in [0.2, 0.25) is 0 Å². The molecule has 0 unspecified atom stereocenters. The molecule has 92 valence electrons. The molecule has 0 amide bonds. The summed E-state index contributed by atoms with van der Waals surface area (Å²) in [6.45, 7) is 2.74. The van der Waals surface area contributed by atoms with Crippen LogP contribution in [0.5, 0.6) is 5.75 Å². The second-order valence-electron chi connectivity index (χ2n) is 3.82. The summed E-state index contributed by atoms with van der Waals surface area (Å²) in [6.07, 6.45) is 4.91. The number of allylic oxidation sites excluding steroid dienone is 1. The molecule has 4 heteroatoms. The highest BCUT2D eigenvalue weighted by atomic mass is 16.3. The van der Waals surface area contributed by atoms with Gasteiger partial charge in [-0.25, -0.2) is 0 Å². The van der Waals surface area contributed by atoms with Gasteiger partial charge in [-0.05, 0) is 37.3 Å². The number of hydrogen-bond acceptors (Lipinski definition) is 3. The fraction of sp³-hybridized carbons (Fsp3) is 0.143. The molecule has 4 nitrogen and oxygen atoms in total. The van der Waals surface area contributed by atoms with E-state index < -0.39 is 0 Å². The van der Waals surface area contributed by atoms with Crippen LogP contribution in [-0.4, -0.2) is 20.7 Å². The van der Waals surface area contributed by atoms with Crippen LogP contribution in [0.25, 0.3) is 6.08 Å². The molecule has 1 aromatic heterocycles. The average Bonchev–Trinajstić information content (AvgIpc) is 2.83. The summed E-state index contributed by atoms with van der Waals surface area (Å²) in [6, 6.07) is 8.14. The Bertz CT molecular complexity index is 585. The van der Waals surface area contributed by atoms with Crippen molar-refractivity contribution in [3.8, 4) is 5.75 Å². The summed E-state index contributed by atoms with van der Waals surface area (Å²) >= 11 is 0. The van der Waals surface area contributed by atoms with E-state index in [1.807, 2.05) is 13.0 Å². The molecule has 0 fully saturated rings. The van der Waals surface area contributed by atoms with E-state index >= 15 is 0 Å². The van der Waals surface area contributed by atoms with E-state index in [9.17, 15) is 9.90 Å². The van der Waals surface area contributed by atoms with Gasteiger partial charge in [0.05, 0.1) is 5.69 Å². The Balaban J connectivity index is 2.17. The number of benzene rings is 1. The van der Waals surface area contributed by atoms with Crippen LogP contribution in [0.15, 0.2) is 42.6 Å². The molecular weight excluding hydrogens is 228 g/mol. The predicted molar refractivity (Wildman–Crippen MR) is 69.4 cm³/mol. The minimum Gasteiger partial charge on any atom is -0.508 e. The van der Waals surface area contributed by atoms with Gasteiger partial charge in [-0.1, -0.05) is 12.1 Å². The molecular formula is C14H14N2O2. The third kappa shape index (κ3) is 2.66. The highest BCUT2D eigenvalue weighted by Crippen LogP contribution is 2.12. The van der Waals surface area contributed by atoms with Crippen LogP contribution in [0.4, 0.5) is 0 Å². The number of aryl methyl sites for hydroxylation is 1. The second-order valence-corrected chi connectivity index (χ2v) is 3.82. The number of phenols is 1. The SMILES string of the molecule is CCn1nccc1C=CC(=O)c1cccc(O)c1. The zero-order valence-corrected chi connectivity index (χ0v) is 10.1. The van der Waals surface area contributed by atoms with Crippen molar-refractivity contribution >= 4 is 11.9 Å². The summed E-state index contributed by atoms with van der Waals surface area (Å²) in [4.78, 5) is 11.9. The maximum Gasteiger partial charge on any atom is 0.186 e. The molecule has 2 rings (SSSR count). The van der Waals surface area contributed by atoms with Crippen molar-refractivity contribution in [2.45, 2.75) is 13.5 Å². The van der Waals surface area contributed by atoms with Gasteiger partial charge in [0.15, 0.2) is 5.78 Å². The smallest absolute Gasteiger partial charge is 0.186 e. The highest BCUT2D eigenvalue weighted by Gasteiger charge is 2.03. The monoisotopic (exact) mass is 242 g/mol. The zero-order valence-electron chi connectivity index (χ0n) is 10.1. The molecule has 0 aliphatic heterocycles. The Labute approximate surface area is 105 Å². The van der Waals surface area contributed by atoms with E-state index in [2.05, 4.69) is 5.10 Å². The molecule has 0 aliphatic carbocycles. The quantitative estimate of drug-likeness (QED) is 0.662. The first-order valence-corrected chi connectivity index (χ1v) is 5.74. The first-order valence-electron chi connectivity index (χ1n) is 5.74. The van der Waals surface area contributed by atoms with E-state index in [1.54, 1.807) is 29.1 Å². The van der Waals surface area contributed by atoms with Gasteiger partial charge in [-0.15, -0.1) is 0 Å². The normalized spacial score (nSPS) is 10.9. The molecule has 0 saturated carbocycles. The summed E-state index contributed by atoms with van der Waals surface area (Å²) < 4.78 is 1.80. The molecule has 0 saturated heterocycles. The molecule has 0 aliphatic rings. The summed E-state index contributed by atoms with van der Waals surface area (Å²) in [5.41, 5.74) is 1.35. The molecule has 1 aromatic carbocycles. The molecule has 0 bridgehead atoms. The zero-order chi connectivity index (χ0) is 13.0. The van der Waals surface area contributed by atoms with Crippen molar-refractivity contribution in [1.29, 1.82) is 0 Å². The van der Waals surface area contributed by atoms with E-state index in [1.165, 1.54) is 18.2 Å². The molecule has 2 aromatic rings. The Morgan fingerprint density at radius 3 is 3.00 bits per heavy atom. The average molecular weight is 242 g/mol. The lowest BCUT2D eigenvalue weighted by Gasteiger charge is -1.99. The number of aromatic hydroxyl groups is 1. The lowest BCUT2D eigenvalue weighted by atomic mass is 10.1. The molecule has 18 heavy (non-hydrogen) atoms. The fourth-order valence-corrected chi connectivity index (χ4v) is 1.67. The topological polar surface area (TPSA) is 55.1 Å². The summed E-state index contributed by atoms with van der Waals surface area (Å²) in [7, 11) is 0. The maximum absolute atomic E-state index is 11.9. The van der Waals surface area contributed by atoms with Crippen LogP contribution in [0.1, 0.15) is 23.0 Å². The van der Waals surface area contributed by atoms with Crippen molar-refractivity contribution in [2.24, 2.45) is 0 Å². The predicted octanol–water partition coefficient (Wildman–Crippen LogP) is 2.50. The van der Waals surface area contributed by atoms with Crippen LogP contribution in [0, 0.1) is 0 Å². The first-order chi connectivity index (χ1) is 8.70. The number of phenolic OH excluding ortho intramolecular Hbond substituents is 1. The largest absolute Gasteiger partial charge is 0.508 e. The van der Waals surface area contributed by atoms with Crippen LogP contribution < -0.4 is 0 Å². The fourth-order valence-electron chi connectivity index (χ4n) is 1.67. The van der Waals surface area contributed by atoms with Gasteiger partial charge in [-0.3, -0.25) is 9.48 Å². The van der Waals surface area contributed by atoms with Gasteiger partial charge in [0.1, 0.15) is 5.75 Å². The number of ketones is 1. The lowest BCUT2D eigenvalue weighted by molar-refractivity contribution is 0.104. The molecule has 1 N–H and O–H groups in total. The summed E-state index contributed by atoms with van der Waals surface area (Å²) in [5, 5.41) is 13.4. The van der Waals surface area contributed by atoms with Crippen molar-refractivity contribution in [2.75, 3.05) is 0 Å². The maximum atomic E-state index is 11.9. The number of rotatable bonds is 4. The second kappa shape index (κ2) is 5.31. The van der Waals surface area contributed by atoms with Gasteiger partial charge >= 0.3 is 0 Å². The van der Waals surface area contributed by atoms with Crippen molar-refractivity contribution < 1.29 is 9.90 Å². The number of hydrogen-bond donors (Lipinski definition) is 1. The van der Waals surface area contributed by atoms with Crippen LogP contribution >= 0.6 is 0 Å². The molecule has 0 radical (unpaired) electrons. The van der Waals surface area contributed by atoms with Crippen LogP contribution in [-0.2, 0) is 6.54 Å². The van der Waals surface area contributed by atoms with E-state index in [0.717, 1.165) is 12.2 Å².